The first-order valence-corrected chi connectivity index (χ1v) is 9.17. The van der Waals surface area contributed by atoms with Crippen LogP contribution in [0.4, 0.5) is 0 Å². The molecule has 0 saturated carbocycles. The van der Waals surface area contributed by atoms with E-state index < -0.39 is 0 Å². The molecule has 0 bridgehead atoms. The Hall–Kier alpha value is -3.54. The lowest BCUT2D eigenvalue weighted by molar-refractivity contribution is -0.121. The van der Waals surface area contributed by atoms with Crippen molar-refractivity contribution in [3.05, 3.63) is 84.6 Å². The first-order chi connectivity index (χ1) is 13.7. The summed E-state index contributed by atoms with van der Waals surface area (Å²) in [6, 6.07) is 16.2. The number of fused-ring (bicyclic) bond motifs is 1. The minimum Gasteiger partial charge on any atom is -0.497 e. The SMILES string of the molecule is COc1ccc([C@@H](CNC(=O)Cn2ccnc2)c2c[nH]c3ccccc23)cc1. The van der Waals surface area contributed by atoms with E-state index in [1.54, 1.807) is 30.4 Å². The summed E-state index contributed by atoms with van der Waals surface area (Å²) in [5, 5.41) is 4.23. The largest absolute Gasteiger partial charge is 0.497 e. The first kappa shape index (κ1) is 17.9. The van der Waals surface area contributed by atoms with Gasteiger partial charge in [0.1, 0.15) is 12.3 Å². The molecule has 2 aromatic heterocycles. The minimum atomic E-state index is -0.0450. The highest BCUT2D eigenvalue weighted by Gasteiger charge is 2.19. The van der Waals surface area contributed by atoms with E-state index in [0.29, 0.717) is 6.54 Å². The maximum absolute atomic E-state index is 12.4. The van der Waals surface area contributed by atoms with Crippen LogP contribution in [0.2, 0.25) is 0 Å². The second-order valence-corrected chi connectivity index (χ2v) is 6.65. The number of amides is 1. The van der Waals surface area contributed by atoms with Gasteiger partial charge in [-0.3, -0.25) is 4.79 Å². The van der Waals surface area contributed by atoms with Gasteiger partial charge in [0.05, 0.1) is 13.4 Å². The Kier molecular flexibility index (Phi) is 5.10. The predicted octanol–water partition coefficient (Wildman–Crippen LogP) is 3.32. The zero-order valence-corrected chi connectivity index (χ0v) is 15.6. The number of ether oxygens (including phenoxy) is 1. The highest BCUT2D eigenvalue weighted by Crippen LogP contribution is 2.31. The Balaban J connectivity index is 1.60. The Labute approximate surface area is 163 Å². The molecule has 0 aliphatic heterocycles. The molecule has 2 heterocycles. The highest BCUT2D eigenvalue weighted by molar-refractivity contribution is 5.84. The number of methoxy groups -OCH3 is 1. The molecule has 142 valence electrons. The molecule has 4 rings (SSSR count). The summed E-state index contributed by atoms with van der Waals surface area (Å²) >= 11 is 0. The molecule has 28 heavy (non-hydrogen) atoms. The number of rotatable bonds is 7. The van der Waals surface area contributed by atoms with E-state index in [4.69, 9.17) is 4.74 Å². The van der Waals surface area contributed by atoms with Gasteiger partial charge in [0, 0.05) is 42.0 Å². The van der Waals surface area contributed by atoms with E-state index in [1.807, 2.05) is 42.6 Å². The van der Waals surface area contributed by atoms with Crippen molar-refractivity contribution in [1.29, 1.82) is 0 Å². The average molecular weight is 374 g/mol. The van der Waals surface area contributed by atoms with Crippen LogP contribution in [-0.4, -0.2) is 34.1 Å². The normalized spacial score (nSPS) is 12.0. The van der Waals surface area contributed by atoms with Gasteiger partial charge in [0.2, 0.25) is 5.91 Å². The van der Waals surface area contributed by atoms with Gasteiger partial charge in [-0.2, -0.15) is 0 Å². The molecule has 0 saturated heterocycles. The molecule has 6 nitrogen and oxygen atoms in total. The molecule has 4 aromatic rings. The third kappa shape index (κ3) is 3.76. The molecule has 0 spiro atoms. The van der Waals surface area contributed by atoms with Crippen molar-refractivity contribution in [3.8, 4) is 5.75 Å². The summed E-state index contributed by atoms with van der Waals surface area (Å²) in [5.41, 5.74) is 3.36. The van der Waals surface area contributed by atoms with Gasteiger partial charge in [-0.1, -0.05) is 30.3 Å². The quantitative estimate of drug-likeness (QED) is 0.521. The number of carbonyl (C=O) groups excluding carboxylic acids is 1. The zero-order valence-electron chi connectivity index (χ0n) is 15.6. The predicted molar refractivity (Wildman–Crippen MR) is 108 cm³/mol. The average Bonchev–Trinajstić information content (AvgIpc) is 3.39. The summed E-state index contributed by atoms with van der Waals surface area (Å²) in [4.78, 5) is 19.7. The zero-order chi connectivity index (χ0) is 19.3. The van der Waals surface area contributed by atoms with Gasteiger partial charge in [-0.25, -0.2) is 4.98 Å². The standard InChI is InChI=1S/C22H22N4O2/c1-28-17-8-6-16(7-9-17)19(12-25-22(27)14-26-11-10-23-15-26)20-13-24-21-5-3-2-4-18(20)21/h2-11,13,15,19,24H,12,14H2,1H3,(H,25,27)/t19-/m1/s1. The fourth-order valence-corrected chi connectivity index (χ4v) is 3.44. The molecule has 0 unspecified atom stereocenters. The smallest absolute Gasteiger partial charge is 0.240 e. The third-order valence-electron chi connectivity index (χ3n) is 4.90. The summed E-state index contributed by atoms with van der Waals surface area (Å²) in [7, 11) is 1.66. The van der Waals surface area contributed by atoms with Crippen molar-refractivity contribution >= 4 is 16.8 Å². The van der Waals surface area contributed by atoms with E-state index in [9.17, 15) is 4.79 Å². The van der Waals surface area contributed by atoms with Crippen LogP contribution >= 0.6 is 0 Å². The van der Waals surface area contributed by atoms with Crippen molar-refractivity contribution in [3.63, 3.8) is 0 Å². The lowest BCUT2D eigenvalue weighted by atomic mass is 9.91. The van der Waals surface area contributed by atoms with Crippen LogP contribution in [-0.2, 0) is 11.3 Å². The second kappa shape index (κ2) is 8.00. The number of hydrogen-bond acceptors (Lipinski definition) is 3. The van der Waals surface area contributed by atoms with Crippen molar-refractivity contribution in [2.75, 3.05) is 13.7 Å². The summed E-state index contributed by atoms with van der Waals surface area (Å²) in [6.07, 6.45) is 7.11. The van der Waals surface area contributed by atoms with Crippen LogP contribution in [0.15, 0.2) is 73.4 Å². The van der Waals surface area contributed by atoms with Crippen molar-refractivity contribution in [2.24, 2.45) is 0 Å². The van der Waals surface area contributed by atoms with E-state index in [-0.39, 0.29) is 18.4 Å². The monoisotopic (exact) mass is 374 g/mol. The van der Waals surface area contributed by atoms with Crippen molar-refractivity contribution < 1.29 is 9.53 Å². The highest BCUT2D eigenvalue weighted by atomic mass is 16.5. The molecule has 6 heteroatoms. The fourth-order valence-electron chi connectivity index (χ4n) is 3.44. The third-order valence-corrected chi connectivity index (χ3v) is 4.90. The number of imidazole rings is 1. The molecular formula is C22H22N4O2. The number of para-hydroxylation sites is 1. The van der Waals surface area contributed by atoms with Crippen molar-refractivity contribution in [2.45, 2.75) is 12.5 Å². The van der Waals surface area contributed by atoms with Gasteiger partial charge in [-0.05, 0) is 29.3 Å². The van der Waals surface area contributed by atoms with Crippen molar-refractivity contribution in [1.82, 2.24) is 19.9 Å². The van der Waals surface area contributed by atoms with Crippen LogP contribution < -0.4 is 10.1 Å². The lowest BCUT2D eigenvalue weighted by Gasteiger charge is -2.19. The van der Waals surface area contributed by atoms with Gasteiger partial charge >= 0.3 is 0 Å². The number of hydrogen-bond donors (Lipinski definition) is 2. The molecule has 0 aliphatic rings. The topological polar surface area (TPSA) is 71.9 Å². The van der Waals surface area contributed by atoms with Crippen LogP contribution in [0.1, 0.15) is 17.0 Å². The summed E-state index contributed by atoms with van der Waals surface area (Å²) in [5.74, 6) is 0.788. The van der Waals surface area contributed by atoms with Gasteiger partial charge in [-0.15, -0.1) is 0 Å². The second-order valence-electron chi connectivity index (χ2n) is 6.65. The summed E-state index contributed by atoms with van der Waals surface area (Å²) < 4.78 is 7.04. The number of benzene rings is 2. The number of nitrogens with zero attached hydrogens (tertiary/aromatic N) is 2. The molecular weight excluding hydrogens is 352 g/mol. The van der Waals surface area contributed by atoms with Crippen LogP contribution in [0, 0.1) is 0 Å². The fraction of sp³-hybridized carbons (Fsp3) is 0.182. The Morgan fingerprint density at radius 3 is 2.79 bits per heavy atom. The number of nitrogens with one attached hydrogen (secondary N) is 2. The molecule has 0 aliphatic carbocycles. The maximum atomic E-state index is 12.4. The molecule has 1 atom stereocenters. The Morgan fingerprint density at radius 1 is 1.21 bits per heavy atom. The molecule has 0 radical (unpaired) electrons. The number of aromatic nitrogens is 3. The first-order valence-electron chi connectivity index (χ1n) is 9.17. The Bertz CT molecular complexity index is 1050. The molecule has 1 amide bonds. The van der Waals surface area contributed by atoms with Crippen LogP contribution in [0.5, 0.6) is 5.75 Å². The van der Waals surface area contributed by atoms with E-state index >= 15 is 0 Å². The van der Waals surface area contributed by atoms with E-state index in [1.165, 1.54) is 0 Å². The van der Waals surface area contributed by atoms with Gasteiger partial charge in [0.15, 0.2) is 0 Å². The number of H-pyrrole nitrogens is 1. The van der Waals surface area contributed by atoms with E-state index in [0.717, 1.165) is 27.8 Å². The van der Waals surface area contributed by atoms with Gasteiger partial charge in [0.25, 0.3) is 0 Å². The minimum absolute atomic E-state index is 0.0220. The Morgan fingerprint density at radius 2 is 2.04 bits per heavy atom. The number of carbonyl (C=O) groups is 1. The van der Waals surface area contributed by atoms with Crippen LogP contribution in [0.25, 0.3) is 10.9 Å². The maximum Gasteiger partial charge on any atom is 0.240 e. The van der Waals surface area contributed by atoms with Crippen LogP contribution in [0.3, 0.4) is 0 Å². The molecule has 2 aromatic carbocycles. The van der Waals surface area contributed by atoms with Gasteiger partial charge < -0.3 is 19.6 Å². The van der Waals surface area contributed by atoms with E-state index in [2.05, 4.69) is 27.4 Å². The molecule has 2 N–H and O–H groups in total. The lowest BCUT2D eigenvalue weighted by Crippen LogP contribution is -2.31. The summed E-state index contributed by atoms with van der Waals surface area (Å²) in [6.45, 7) is 0.755. The number of aromatic amines is 1. The molecule has 0 fully saturated rings.